The van der Waals surface area contributed by atoms with Gasteiger partial charge in [0.15, 0.2) is 0 Å². The summed E-state index contributed by atoms with van der Waals surface area (Å²) < 4.78 is 1.84. The lowest BCUT2D eigenvalue weighted by Gasteiger charge is -2.35. The van der Waals surface area contributed by atoms with Crippen LogP contribution < -0.4 is 5.32 Å². The molecule has 0 heterocycles. The summed E-state index contributed by atoms with van der Waals surface area (Å²) in [4.78, 5) is 12.3. The lowest BCUT2D eigenvalue weighted by molar-refractivity contribution is 0.0717. The molecule has 2 rings (SSSR count). The molecule has 1 aromatic carbocycles. The molecular weight excluding hydrogens is 433 g/mol. The highest BCUT2D eigenvalue weighted by Gasteiger charge is 2.31. The first-order valence-corrected chi connectivity index (χ1v) is 8.78. The molecule has 1 aliphatic carbocycles. The molecule has 2 N–H and O–H groups in total. The van der Waals surface area contributed by atoms with Crippen LogP contribution in [0.1, 0.15) is 42.5 Å². The van der Waals surface area contributed by atoms with E-state index in [2.05, 4.69) is 43.8 Å². The maximum absolute atomic E-state index is 12.3. The third-order valence-electron chi connectivity index (χ3n) is 4.05. The number of hydrogen-bond donors (Lipinski definition) is 2. The number of benzene rings is 1. The minimum absolute atomic E-state index is 0.0610. The molecule has 1 fully saturated rings. The van der Waals surface area contributed by atoms with Crippen LogP contribution in [0.25, 0.3) is 0 Å². The van der Waals surface area contributed by atoms with Crippen molar-refractivity contribution in [3.63, 3.8) is 0 Å². The van der Waals surface area contributed by atoms with Crippen LogP contribution in [0.4, 0.5) is 0 Å². The Bertz CT molecular complexity index is 487. The standard InChI is InChI=1S/C15H19BrINO2/c16-11-4-5-13(17)12(8-11)14(20)18-9-15(10-19)6-2-1-3-7-15/h4-5,8,19H,1-3,6-7,9-10H2,(H,18,20). The molecule has 0 radical (unpaired) electrons. The summed E-state index contributed by atoms with van der Waals surface area (Å²) in [7, 11) is 0. The molecule has 20 heavy (non-hydrogen) atoms. The van der Waals surface area contributed by atoms with Gasteiger partial charge in [0.2, 0.25) is 0 Å². The van der Waals surface area contributed by atoms with Crippen LogP contribution >= 0.6 is 38.5 Å². The number of amides is 1. The van der Waals surface area contributed by atoms with E-state index in [-0.39, 0.29) is 17.9 Å². The van der Waals surface area contributed by atoms with Gasteiger partial charge in [-0.15, -0.1) is 0 Å². The maximum atomic E-state index is 12.3. The summed E-state index contributed by atoms with van der Waals surface area (Å²) in [5, 5.41) is 12.7. The Balaban J connectivity index is 2.02. The third-order valence-corrected chi connectivity index (χ3v) is 5.48. The van der Waals surface area contributed by atoms with Crippen molar-refractivity contribution in [2.45, 2.75) is 32.1 Å². The average Bonchev–Trinajstić information content (AvgIpc) is 2.48. The number of halogens is 2. The molecule has 0 aromatic heterocycles. The molecule has 1 aliphatic rings. The summed E-state index contributed by atoms with van der Waals surface area (Å²) in [6.45, 7) is 0.716. The number of aliphatic hydroxyl groups is 1. The van der Waals surface area contributed by atoms with E-state index in [1.54, 1.807) is 0 Å². The second-order valence-corrected chi connectivity index (χ2v) is 7.60. The molecule has 110 valence electrons. The Labute approximate surface area is 141 Å². The SMILES string of the molecule is O=C(NCC1(CO)CCCCC1)c1cc(Br)ccc1I. The second kappa shape index (κ2) is 7.22. The van der Waals surface area contributed by atoms with Gasteiger partial charge in [-0.1, -0.05) is 35.2 Å². The Kier molecular flexibility index (Phi) is 5.86. The lowest BCUT2D eigenvalue weighted by Crippen LogP contribution is -2.41. The number of nitrogens with one attached hydrogen (secondary N) is 1. The first-order chi connectivity index (χ1) is 9.56. The Morgan fingerprint density at radius 3 is 2.70 bits per heavy atom. The molecule has 0 spiro atoms. The van der Waals surface area contributed by atoms with Crippen LogP contribution in [-0.4, -0.2) is 24.2 Å². The molecule has 1 saturated carbocycles. The Hall–Kier alpha value is -0.140. The van der Waals surface area contributed by atoms with E-state index in [0.29, 0.717) is 12.1 Å². The quantitative estimate of drug-likeness (QED) is 0.685. The molecular formula is C15H19BrINO2. The third kappa shape index (κ3) is 3.95. The largest absolute Gasteiger partial charge is 0.396 e. The number of carbonyl (C=O) groups is 1. The van der Waals surface area contributed by atoms with Gasteiger partial charge in [0.25, 0.3) is 5.91 Å². The fourth-order valence-corrected chi connectivity index (χ4v) is 3.67. The fourth-order valence-electron chi connectivity index (χ4n) is 2.73. The van der Waals surface area contributed by atoms with Crippen molar-refractivity contribution in [2.75, 3.05) is 13.2 Å². The molecule has 0 saturated heterocycles. The van der Waals surface area contributed by atoms with Gasteiger partial charge in [0.05, 0.1) is 12.2 Å². The molecule has 3 nitrogen and oxygen atoms in total. The summed E-state index contributed by atoms with van der Waals surface area (Å²) >= 11 is 5.56. The van der Waals surface area contributed by atoms with Crippen LogP contribution in [0.15, 0.2) is 22.7 Å². The van der Waals surface area contributed by atoms with E-state index >= 15 is 0 Å². The van der Waals surface area contributed by atoms with Gasteiger partial charge >= 0.3 is 0 Å². The highest BCUT2D eigenvalue weighted by molar-refractivity contribution is 14.1. The number of hydrogen-bond acceptors (Lipinski definition) is 2. The Morgan fingerprint density at radius 1 is 1.35 bits per heavy atom. The number of rotatable bonds is 4. The van der Waals surface area contributed by atoms with E-state index < -0.39 is 0 Å². The first kappa shape index (κ1) is 16.2. The highest BCUT2D eigenvalue weighted by atomic mass is 127. The minimum Gasteiger partial charge on any atom is -0.396 e. The Morgan fingerprint density at radius 2 is 2.05 bits per heavy atom. The van der Waals surface area contributed by atoms with Crippen LogP contribution in [-0.2, 0) is 0 Å². The maximum Gasteiger partial charge on any atom is 0.252 e. The molecule has 1 amide bonds. The van der Waals surface area contributed by atoms with Crippen LogP contribution in [0, 0.1) is 8.99 Å². The van der Waals surface area contributed by atoms with Crippen molar-refractivity contribution in [3.8, 4) is 0 Å². The summed E-state index contributed by atoms with van der Waals surface area (Å²) in [5.41, 5.74) is 0.564. The first-order valence-electron chi connectivity index (χ1n) is 6.90. The topological polar surface area (TPSA) is 49.3 Å². The van der Waals surface area contributed by atoms with Gasteiger partial charge in [-0.2, -0.15) is 0 Å². The van der Waals surface area contributed by atoms with E-state index in [1.165, 1.54) is 6.42 Å². The fraction of sp³-hybridized carbons (Fsp3) is 0.533. The van der Waals surface area contributed by atoms with E-state index in [4.69, 9.17) is 0 Å². The van der Waals surface area contributed by atoms with Crippen LogP contribution in [0.3, 0.4) is 0 Å². The summed E-state index contributed by atoms with van der Waals surface area (Å²) in [5.74, 6) is -0.0610. The van der Waals surface area contributed by atoms with Gasteiger partial charge in [-0.05, 0) is 53.6 Å². The van der Waals surface area contributed by atoms with Crippen molar-refractivity contribution in [2.24, 2.45) is 5.41 Å². The van der Waals surface area contributed by atoms with Gasteiger partial charge in [0, 0.05) is 20.0 Å². The van der Waals surface area contributed by atoms with Crippen molar-refractivity contribution in [3.05, 3.63) is 31.8 Å². The molecule has 1 aromatic rings. The summed E-state index contributed by atoms with van der Waals surface area (Å²) in [6.07, 6.45) is 5.52. The summed E-state index contributed by atoms with van der Waals surface area (Å²) in [6, 6.07) is 5.68. The lowest BCUT2D eigenvalue weighted by atomic mass is 9.74. The van der Waals surface area contributed by atoms with Crippen LogP contribution in [0.5, 0.6) is 0 Å². The van der Waals surface area contributed by atoms with Gasteiger partial charge in [-0.25, -0.2) is 0 Å². The molecule has 0 atom stereocenters. The van der Waals surface area contributed by atoms with Crippen molar-refractivity contribution < 1.29 is 9.90 Å². The van der Waals surface area contributed by atoms with Gasteiger partial charge in [-0.3, -0.25) is 4.79 Å². The normalized spacial score (nSPS) is 17.8. The predicted molar refractivity (Wildman–Crippen MR) is 91.8 cm³/mol. The van der Waals surface area contributed by atoms with Gasteiger partial charge < -0.3 is 10.4 Å². The molecule has 0 unspecified atom stereocenters. The zero-order chi connectivity index (χ0) is 14.6. The van der Waals surface area contributed by atoms with Crippen LogP contribution in [0.2, 0.25) is 0 Å². The van der Waals surface area contributed by atoms with Crippen molar-refractivity contribution in [1.82, 2.24) is 5.32 Å². The second-order valence-electron chi connectivity index (χ2n) is 5.53. The number of carbonyl (C=O) groups excluding carboxylic acids is 1. The minimum atomic E-state index is -0.120. The average molecular weight is 452 g/mol. The monoisotopic (exact) mass is 451 g/mol. The van der Waals surface area contributed by atoms with E-state index in [9.17, 15) is 9.90 Å². The van der Waals surface area contributed by atoms with Gasteiger partial charge in [0.1, 0.15) is 0 Å². The zero-order valence-electron chi connectivity index (χ0n) is 11.3. The smallest absolute Gasteiger partial charge is 0.252 e. The van der Waals surface area contributed by atoms with Crippen molar-refractivity contribution >= 4 is 44.4 Å². The molecule has 0 bridgehead atoms. The zero-order valence-corrected chi connectivity index (χ0v) is 15.0. The van der Waals surface area contributed by atoms with E-state index in [1.807, 2.05) is 18.2 Å². The molecule has 0 aliphatic heterocycles. The molecule has 5 heteroatoms. The predicted octanol–water partition coefficient (Wildman–Crippen LogP) is 3.73. The number of aliphatic hydroxyl groups excluding tert-OH is 1. The van der Waals surface area contributed by atoms with Crippen molar-refractivity contribution in [1.29, 1.82) is 0 Å². The van der Waals surface area contributed by atoms with E-state index in [0.717, 1.165) is 33.7 Å². The highest BCUT2D eigenvalue weighted by Crippen LogP contribution is 2.35.